The van der Waals surface area contributed by atoms with Gasteiger partial charge in [-0.3, -0.25) is 8.97 Å². The zero-order chi connectivity index (χ0) is 30.2. The standard InChI is InChI=1S/C33H18Cl7N3/c1-16-10-18(34)13-20(36)29(16)30(31-21(37)14-19(35)15-22(31)38)17-11-23(39)32(24(40)12-17)43-28-9-5-4-8-27(28)42-26-7-3-2-6-25(26)41-33(42)43/h2-15,30H,1H3. The summed E-state index contributed by atoms with van der Waals surface area (Å²) in [7, 11) is 0. The van der Waals surface area contributed by atoms with Gasteiger partial charge in [-0.1, -0.05) is 105 Å². The van der Waals surface area contributed by atoms with Gasteiger partial charge in [0.1, 0.15) is 0 Å². The number of fused-ring (bicyclic) bond motifs is 5. The number of hydrogen-bond acceptors (Lipinski definition) is 1. The van der Waals surface area contributed by atoms with Crippen LogP contribution in [0.3, 0.4) is 0 Å². The van der Waals surface area contributed by atoms with E-state index in [1.165, 1.54) is 0 Å². The highest BCUT2D eigenvalue weighted by Crippen LogP contribution is 2.47. The van der Waals surface area contributed by atoms with Crippen LogP contribution >= 0.6 is 81.2 Å². The third kappa shape index (κ3) is 4.78. The van der Waals surface area contributed by atoms with E-state index in [1.807, 2.05) is 72.2 Å². The lowest BCUT2D eigenvalue weighted by Gasteiger charge is -2.25. The Bertz CT molecular complexity index is 2120. The van der Waals surface area contributed by atoms with Crippen LogP contribution in [-0.4, -0.2) is 14.0 Å². The molecule has 0 N–H and O–H groups in total. The molecule has 214 valence electrons. The van der Waals surface area contributed by atoms with Gasteiger partial charge in [0.2, 0.25) is 5.78 Å². The van der Waals surface area contributed by atoms with E-state index in [2.05, 4.69) is 10.5 Å². The quantitative estimate of drug-likeness (QED) is 0.167. The molecule has 7 aromatic rings. The van der Waals surface area contributed by atoms with Crippen molar-refractivity contribution in [2.24, 2.45) is 0 Å². The Kier molecular flexibility index (Phi) is 7.51. The molecular formula is C33H18Cl7N3. The summed E-state index contributed by atoms with van der Waals surface area (Å²) >= 11 is 47.4. The van der Waals surface area contributed by atoms with Crippen molar-refractivity contribution in [1.29, 1.82) is 0 Å². The van der Waals surface area contributed by atoms with Crippen molar-refractivity contribution in [3.63, 3.8) is 0 Å². The topological polar surface area (TPSA) is 22.2 Å². The van der Waals surface area contributed by atoms with Gasteiger partial charge in [0.25, 0.3) is 0 Å². The predicted octanol–water partition coefficient (Wildman–Crippen LogP) is 12.5. The predicted molar refractivity (Wildman–Crippen MR) is 183 cm³/mol. The Morgan fingerprint density at radius 2 is 1.12 bits per heavy atom. The maximum Gasteiger partial charge on any atom is 0.220 e. The molecule has 7 rings (SSSR count). The van der Waals surface area contributed by atoms with Crippen LogP contribution in [0, 0.1) is 6.92 Å². The first-order valence-corrected chi connectivity index (χ1v) is 15.7. The highest BCUT2D eigenvalue weighted by Gasteiger charge is 2.29. The monoisotopic (exact) mass is 701 g/mol. The normalized spacial score (nSPS) is 12.6. The van der Waals surface area contributed by atoms with Gasteiger partial charge >= 0.3 is 0 Å². The largest absolute Gasteiger partial charge is 0.276 e. The summed E-state index contributed by atoms with van der Waals surface area (Å²) in [6.45, 7) is 1.93. The second-order valence-electron chi connectivity index (χ2n) is 10.2. The summed E-state index contributed by atoms with van der Waals surface area (Å²) in [5, 5.41) is 2.96. The molecule has 2 heterocycles. The van der Waals surface area contributed by atoms with Crippen molar-refractivity contribution in [1.82, 2.24) is 14.0 Å². The van der Waals surface area contributed by atoms with Crippen LogP contribution in [-0.2, 0) is 0 Å². The van der Waals surface area contributed by atoms with Crippen molar-refractivity contribution in [3.05, 3.63) is 142 Å². The van der Waals surface area contributed by atoms with Crippen molar-refractivity contribution in [3.8, 4) is 5.69 Å². The fraction of sp³-hybridized carbons (Fsp3) is 0.0606. The Morgan fingerprint density at radius 3 is 1.74 bits per heavy atom. The Labute approximate surface area is 282 Å². The molecule has 0 aliphatic rings. The van der Waals surface area contributed by atoms with Crippen LogP contribution in [0.15, 0.2) is 84.9 Å². The number of hydrogen-bond donors (Lipinski definition) is 0. The van der Waals surface area contributed by atoms with E-state index < -0.39 is 5.92 Å². The number of aromatic nitrogens is 3. The summed E-state index contributed by atoms with van der Waals surface area (Å²) in [5.74, 6) is 0.150. The lowest BCUT2D eigenvalue weighted by molar-refractivity contribution is 0.960. The third-order valence-corrected chi connectivity index (χ3v) is 9.58. The second kappa shape index (κ2) is 11.1. The number of nitrogens with zero attached hydrogens (tertiary/aromatic N) is 3. The van der Waals surface area contributed by atoms with Crippen LogP contribution in [0.25, 0.3) is 33.5 Å². The van der Waals surface area contributed by atoms with E-state index in [0.29, 0.717) is 52.2 Å². The Morgan fingerprint density at radius 1 is 0.581 bits per heavy atom. The highest BCUT2D eigenvalue weighted by atomic mass is 35.5. The summed E-state index contributed by atoms with van der Waals surface area (Å²) in [6.07, 6.45) is 0. The van der Waals surface area contributed by atoms with Gasteiger partial charge < -0.3 is 0 Å². The molecule has 10 heteroatoms. The maximum atomic E-state index is 7.17. The van der Waals surface area contributed by atoms with Crippen LogP contribution in [0.4, 0.5) is 0 Å². The summed E-state index contributed by atoms with van der Waals surface area (Å²) in [6, 6.07) is 26.6. The number of aryl methyl sites for hydroxylation is 1. The van der Waals surface area contributed by atoms with Crippen molar-refractivity contribution in [2.45, 2.75) is 12.8 Å². The second-order valence-corrected chi connectivity index (χ2v) is 13.1. The molecule has 0 aliphatic carbocycles. The van der Waals surface area contributed by atoms with E-state index in [-0.39, 0.29) is 0 Å². The van der Waals surface area contributed by atoms with Gasteiger partial charge in [-0.05, 0) is 84.3 Å². The molecule has 0 saturated heterocycles. The zero-order valence-corrected chi connectivity index (χ0v) is 27.4. The van der Waals surface area contributed by atoms with Crippen molar-refractivity contribution in [2.75, 3.05) is 0 Å². The number of halogens is 7. The molecule has 0 bridgehead atoms. The number of para-hydroxylation sites is 4. The molecule has 43 heavy (non-hydrogen) atoms. The van der Waals surface area contributed by atoms with Crippen molar-refractivity contribution < 1.29 is 0 Å². The molecule has 1 unspecified atom stereocenters. The number of rotatable bonds is 4. The first kappa shape index (κ1) is 29.1. The fourth-order valence-electron chi connectivity index (χ4n) is 5.92. The molecule has 0 spiro atoms. The van der Waals surface area contributed by atoms with Gasteiger partial charge in [-0.15, -0.1) is 0 Å². The molecule has 1 atom stereocenters. The van der Waals surface area contributed by atoms with E-state index in [4.69, 9.17) is 86.2 Å². The minimum absolute atomic E-state index is 0.381. The van der Waals surface area contributed by atoms with E-state index in [9.17, 15) is 0 Å². The average molecular weight is 705 g/mol. The number of benzene rings is 5. The molecule has 0 aliphatic heterocycles. The fourth-order valence-corrected chi connectivity index (χ4v) is 8.33. The van der Waals surface area contributed by atoms with Crippen LogP contribution in [0.5, 0.6) is 0 Å². The lowest BCUT2D eigenvalue weighted by atomic mass is 9.82. The first-order chi connectivity index (χ1) is 20.6. The van der Waals surface area contributed by atoms with Crippen LogP contribution < -0.4 is 0 Å². The highest BCUT2D eigenvalue weighted by molar-refractivity contribution is 6.40. The minimum Gasteiger partial charge on any atom is -0.276 e. The van der Waals surface area contributed by atoms with Gasteiger partial charge in [0.05, 0.1) is 37.8 Å². The molecule has 5 aromatic carbocycles. The molecule has 0 radical (unpaired) electrons. The molecule has 0 fully saturated rings. The molecule has 2 aromatic heterocycles. The third-order valence-electron chi connectivity index (χ3n) is 7.63. The van der Waals surface area contributed by atoms with Gasteiger partial charge in [-0.25, -0.2) is 4.98 Å². The Hall–Kier alpha value is -2.60. The van der Waals surface area contributed by atoms with Gasteiger partial charge in [0.15, 0.2) is 0 Å². The smallest absolute Gasteiger partial charge is 0.220 e. The Balaban J connectivity index is 1.52. The van der Waals surface area contributed by atoms with Crippen molar-refractivity contribution >= 4 is 109 Å². The van der Waals surface area contributed by atoms with Gasteiger partial charge in [0, 0.05) is 36.6 Å². The number of imidazole rings is 2. The summed E-state index contributed by atoms with van der Waals surface area (Å²) in [5.41, 5.74) is 7.30. The van der Waals surface area contributed by atoms with Gasteiger partial charge in [-0.2, -0.15) is 0 Å². The summed E-state index contributed by atoms with van der Waals surface area (Å²) < 4.78 is 4.10. The SMILES string of the molecule is Cc1cc(Cl)cc(Cl)c1C(c1cc(Cl)c(-n2c3ccccc3n3c4ccccc4nc23)c(Cl)c1)c1c(Cl)cc(Cl)cc1Cl. The lowest BCUT2D eigenvalue weighted by Crippen LogP contribution is -2.09. The minimum atomic E-state index is -0.540. The molecule has 3 nitrogen and oxygen atoms in total. The van der Waals surface area contributed by atoms with Crippen LogP contribution in [0.1, 0.15) is 28.2 Å². The zero-order valence-electron chi connectivity index (χ0n) is 22.1. The average Bonchev–Trinajstić information content (AvgIpc) is 3.46. The molecule has 0 saturated carbocycles. The van der Waals surface area contributed by atoms with Crippen LogP contribution in [0.2, 0.25) is 35.2 Å². The molecular weight excluding hydrogens is 687 g/mol. The molecule has 0 amide bonds. The van der Waals surface area contributed by atoms with E-state index in [1.54, 1.807) is 18.2 Å². The maximum absolute atomic E-state index is 7.17. The van der Waals surface area contributed by atoms with E-state index in [0.717, 1.165) is 38.8 Å². The summed E-state index contributed by atoms with van der Waals surface area (Å²) in [4.78, 5) is 4.96. The first-order valence-electron chi connectivity index (χ1n) is 13.1. The van der Waals surface area contributed by atoms with E-state index >= 15 is 0 Å².